The second-order valence-corrected chi connectivity index (χ2v) is 5.61. The number of methoxy groups -OCH3 is 1. The molecule has 0 aromatic heterocycles. The van der Waals surface area contributed by atoms with E-state index in [0.717, 1.165) is 22.5 Å². The second-order valence-electron chi connectivity index (χ2n) is 4.69. The summed E-state index contributed by atoms with van der Waals surface area (Å²) in [5.74, 6) is 0.854. The maximum Gasteiger partial charge on any atom is 0.142 e. The molecule has 2 rings (SSSR count). The molecule has 0 aliphatic heterocycles. The van der Waals surface area contributed by atoms with E-state index in [9.17, 15) is 0 Å². The normalized spacial score (nSPS) is 10.3. The van der Waals surface area contributed by atoms with Gasteiger partial charge in [-0.2, -0.15) is 0 Å². The molecule has 2 nitrogen and oxygen atoms in total. The van der Waals surface area contributed by atoms with Crippen LogP contribution in [0.1, 0.15) is 16.7 Å². The Hall–Kier alpha value is -1.48. The SMILES string of the molecule is COc1ccc(Br)cc1NCc1cc(C)cc(C)c1. The third kappa shape index (κ3) is 3.74. The van der Waals surface area contributed by atoms with Gasteiger partial charge in [-0.05, 0) is 37.6 Å². The zero-order valence-electron chi connectivity index (χ0n) is 11.5. The van der Waals surface area contributed by atoms with Crippen molar-refractivity contribution in [1.82, 2.24) is 0 Å². The van der Waals surface area contributed by atoms with Crippen molar-refractivity contribution in [1.29, 1.82) is 0 Å². The minimum atomic E-state index is 0.787. The third-order valence-electron chi connectivity index (χ3n) is 2.93. The summed E-state index contributed by atoms with van der Waals surface area (Å²) < 4.78 is 6.39. The van der Waals surface area contributed by atoms with Crippen LogP contribution in [0, 0.1) is 13.8 Å². The molecule has 2 aromatic carbocycles. The zero-order valence-corrected chi connectivity index (χ0v) is 13.0. The van der Waals surface area contributed by atoms with Crippen LogP contribution >= 0.6 is 15.9 Å². The molecular formula is C16H18BrNO. The largest absolute Gasteiger partial charge is 0.495 e. The third-order valence-corrected chi connectivity index (χ3v) is 3.42. The first-order valence-corrected chi connectivity index (χ1v) is 7.02. The fraction of sp³-hybridized carbons (Fsp3) is 0.250. The zero-order chi connectivity index (χ0) is 13.8. The monoisotopic (exact) mass is 319 g/mol. The van der Waals surface area contributed by atoms with Crippen molar-refractivity contribution in [3.63, 3.8) is 0 Å². The highest BCUT2D eigenvalue weighted by atomic mass is 79.9. The van der Waals surface area contributed by atoms with Crippen molar-refractivity contribution in [2.45, 2.75) is 20.4 Å². The van der Waals surface area contributed by atoms with Gasteiger partial charge in [0.25, 0.3) is 0 Å². The Bertz CT molecular complexity index is 561. The number of ether oxygens (including phenoxy) is 1. The van der Waals surface area contributed by atoms with Crippen LogP contribution in [-0.2, 0) is 6.54 Å². The first-order valence-electron chi connectivity index (χ1n) is 6.23. The van der Waals surface area contributed by atoms with E-state index in [1.165, 1.54) is 16.7 Å². The van der Waals surface area contributed by atoms with Crippen LogP contribution in [0.2, 0.25) is 0 Å². The first kappa shape index (κ1) is 13.9. The molecule has 0 amide bonds. The highest BCUT2D eigenvalue weighted by Gasteiger charge is 2.03. The molecule has 0 heterocycles. The van der Waals surface area contributed by atoms with Crippen LogP contribution in [0.3, 0.4) is 0 Å². The Morgan fingerprint density at radius 3 is 2.37 bits per heavy atom. The fourth-order valence-electron chi connectivity index (χ4n) is 2.19. The van der Waals surface area contributed by atoms with Gasteiger partial charge in [0.05, 0.1) is 12.8 Å². The number of hydrogen-bond donors (Lipinski definition) is 1. The molecule has 0 radical (unpaired) electrons. The number of halogens is 1. The molecule has 100 valence electrons. The Balaban J connectivity index is 2.16. The summed E-state index contributed by atoms with van der Waals surface area (Å²) in [6.07, 6.45) is 0. The number of hydrogen-bond acceptors (Lipinski definition) is 2. The van der Waals surface area contributed by atoms with Crippen molar-refractivity contribution in [3.8, 4) is 5.75 Å². The standard InChI is InChI=1S/C16H18BrNO/c1-11-6-12(2)8-13(7-11)10-18-15-9-14(17)4-5-16(15)19-3/h4-9,18H,10H2,1-3H3. The summed E-state index contributed by atoms with van der Waals surface area (Å²) in [6.45, 7) is 5.03. The average molecular weight is 320 g/mol. The lowest BCUT2D eigenvalue weighted by Crippen LogP contribution is -2.02. The second kappa shape index (κ2) is 6.11. The lowest BCUT2D eigenvalue weighted by atomic mass is 10.1. The predicted octanol–water partition coefficient (Wildman–Crippen LogP) is 4.69. The van der Waals surface area contributed by atoms with Gasteiger partial charge in [-0.15, -0.1) is 0 Å². The molecule has 0 spiro atoms. The molecule has 0 bridgehead atoms. The van der Waals surface area contributed by atoms with Crippen molar-refractivity contribution in [2.75, 3.05) is 12.4 Å². The average Bonchev–Trinajstić information content (AvgIpc) is 2.35. The van der Waals surface area contributed by atoms with Crippen molar-refractivity contribution in [3.05, 3.63) is 57.6 Å². The van der Waals surface area contributed by atoms with E-state index in [4.69, 9.17) is 4.74 Å². The molecule has 0 saturated carbocycles. The van der Waals surface area contributed by atoms with E-state index in [0.29, 0.717) is 0 Å². The topological polar surface area (TPSA) is 21.3 Å². The predicted molar refractivity (Wildman–Crippen MR) is 83.9 cm³/mol. The van der Waals surface area contributed by atoms with Crippen LogP contribution in [0.5, 0.6) is 5.75 Å². The van der Waals surface area contributed by atoms with Gasteiger partial charge in [-0.1, -0.05) is 45.3 Å². The minimum absolute atomic E-state index is 0.787. The molecule has 1 N–H and O–H groups in total. The maximum atomic E-state index is 5.35. The summed E-state index contributed by atoms with van der Waals surface area (Å²) in [4.78, 5) is 0. The van der Waals surface area contributed by atoms with Gasteiger partial charge >= 0.3 is 0 Å². The van der Waals surface area contributed by atoms with Crippen LogP contribution in [0.15, 0.2) is 40.9 Å². The van der Waals surface area contributed by atoms with Crippen LogP contribution in [0.4, 0.5) is 5.69 Å². The van der Waals surface area contributed by atoms with Crippen molar-refractivity contribution < 1.29 is 4.74 Å². The van der Waals surface area contributed by atoms with Gasteiger partial charge in [-0.3, -0.25) is 0 Å². The number of anilines is 1. The van der Waals surface area contributed by atoms with Crippen LogP contribution < -0.4 is 10.1 Å². The molecule has 0 unspecified atom stereocenters. The highest BCUT2D eigenvalue weighted by molar-refractivity contribution is 9.10. The van der Waals surface area contributed by atoms with Gasteiger partial charge in [0, 0.05) is 11.0 Å². The number of nitrogens with one attached hydrogen (secondary N) is 1. The van der Waals surface area contributed by atoms with Gasteiger partial charge in [0.2, 0.25) is 0 Å². The van der Waals surface area contributed by atoms with Crippen LogP contribution in [0.25, 0.3) is 0 Å². The van der Waals surface area contributed by atoms with Gasteiger partial charge in [0.15, 0.2) is 0 Å². The summed E-state index contributed by atoms with van der Waals surface area (Å²) in [5, 5.41) is 3.42. The highest BCUT2D eigenvalue weighted by Crippen LogP contribution is 2.28. The molecule has 3 heteroatoms. The Labute approximate surface area is 122 Å². The quantitative estimate of drug-likeness (QED) is 0.883. The molecular weight excluding hydrogens is 302 g/mol. The molecule has 0 fully saturated rings. The Kier molecular flexibility index (Phi) is 4.48. The van der Waals surface area contributed by atoms with Gasteiger partial charge in [-0.25, -0.2) is 0 Å². The van der Waals surface area contributed by atoms with E-state index in [1.807, 2.05) is 18.2 Å². The molecule has 0 aliphatic carbocycles. The van der Waals surface area contributed by atoms with E-state index in [1.54, 1.807) is 7.11 Å². The summed E-state index contributed by atoms with van der Waals surface area (Å²) >= 11 is 3.48. The molecule has 0 aliphatic rings. The lowest BCUT2D eigenvalue weighted by molar-refractivity contribution is 0.416. The summed E-state index contributed by atoms with van der Waals surface area (Å²) in [5.41, 5.74) is 4.85. The Morgan fingerprint density at radius 2 is 1.74 bits per heavy atom. The molecule has 0 atom stereocenters. The van der Waals surface area contributed by atoms with E-state index in [-0.39, 0.29) is 0 Å². The Morgan fingerprint density at radius 1 is 1.05 bits per heavy atom. The van der Waals surface area contributed by atoms with Crippen LogP contribution in [-0.4, -0.2) is 7.11 Å². The van der Waals surface area contributed by atoms with E-state index >= 15 is 0 Å². The van der Waals surface area contributed by atoms with E-state index in [2.05, 4.69) is 53.3 Å². The minimum Gasteiger partial charge on any atom is -0.495 e. The van der Waals surface area contributed by atoms with Gasteiger partial charge < -0.3 is 10.1 Å². The maximum absolute atomic E-state index is 5.35. The fourth-order valence-corrected chi connectivity index (χ4v) is 2.55. The first-order chi connectivity index (χ1) is 9.08. The van der Waals surface area contributed by atoms with E-state index < -0.39 is 0 Å². The lowest BCUT2D eigenvalue weighted by Gasteiger charge is -2.12. The van der Waals surface area contributed by atoms with Crippen molar-refractivity contribution >= 4 is 21.6 Å². The summed E-state index contributed by atoms with van der Waals surface area (Å²) in [6, 6.07) is 12.5. The molecule has 0 saturated heterocycles. The number of benzene rings is 2. The molecule has 19 heavy (non-hydrogen) atoms. The summed E-state index contributed by atoms with van der Waals surface area (Å²) in [7, 11) is 1.69. The number of rotatable bonds is 4. The number of aryl methyl sites for hydroxylation is 2. The van der Waals surface area contributed by atoms with Gasteiger partial charge in [0.1, 0.15) is 5.75 Å². The molecule has 2 aromatic rings. The smallest absolute Gasteiger partial charge is 0.142 e. The van der Waals surface area contributed by atoms with Crippen molar-refractivity contribution in [2.24, 2.45) is 0 Å².